The van der Waals surface area contributed by atoms with Gasteiger partial charge in [0.25, 0.3) is 0 Å². The van der Waals surface area contributed by atoms with Gasteiger partial charge in [0.1, 0.15) is 5.60 Å². The fourth-order valence-corrected chi connectivity index (χ4v) is 2.71. The highest BCUT2D eigenvalue weighted by molar-refractivity contribution is 9.10. The standard InChI is InChI=1S/C16H22BrNO2/c1-16(2,3)20-15(19)18-14-9-12(10-14)8-11-4-6-13(17)7-5-11/h4-7,12,14H,8-10H2,1-3H3,(H,18,19). The van der Waals surface area contributed by atoms with Crippen LogP contribution in [-0.4, -0.2) is 17.7 Å². The van der Waals surface area contributed by atoms with E-state index in [0.717, 1.165) is 23.7 Å². The van der Waals surface area contributed by atoms with Gasteiger partial charge < -0.3 is 10.1 Å². The normalized spacial score (nSPS) is 22.0. The minimum atomic E-state index is -0.426. The van der Waals surface area contributed by atoms with Gasteiger partial charge in [-0.25, -0.2) is 4.79 Å². The van der Waals surface area contributed by atoms with Gasteiger partial charge in [0, 0.05) is 10.5 Å². The van der Waals surface area contributed by atoms with E-state index in [-0.39, 0.29) is 12.1 Å². The van der Waals surface area contributed by atoms with E-state index in [4.69, 9.17) is 4.74 Å². The highest BCUT2D eigenvalue weighted by atomic mass is 79.9. The van der Waals surface area contributed by atoms with E-state index in [9.17, 15) is 4.79 Å². The zero-order chi connectivity index (χ0) is 14.8. The van der Waals surface area contributed by atoms with E-state index in [0.29, 0.717) is 5.92 Å². The molecule has 0 atom stereocenters. The molecule has 1 fully saturated rings. The Balaban J connectivity index is 1.70. The molecule has 20 heavy (non-hydrogen) atoms. The van der Waals surface area contributed by atoms with Crippen molar-refractivity contribution < 1.29 is 9.53 Å². The smallest absolute Gasteiger partial charge is 0.407 e. The lowest BCUT2D eigenvalue weighted by atomic mass is 9.77. The van der Waals surface area contributed by atoms with E-state index in [1.807, 2.05) is 20.8 Å². The minimum absolute atomic E-state index is 0.269. The van der Waals surface area contributed by atoms with Gasteiger partial charge in [-0.15, -0.1) is 0 Å². The number of alkyl carbamates (subject to hydrolysis) is 1. The molecule has 1 saturated carbocycles. The van der Waals surface area contributed by atoms with Crippen molar-refractivity contribution in [2.75, 3.05) is 0 Å². The zero-order valence-corrected chi connectivity index (χ0v) is 13.9. The second-order valence-corrected chi connectivity index (χ2v) is 7.43. The van der Waals surface area contributed by atoms with Crippen LogP contribution in [0.3, 0.4) is 0 Å². The molecular formula is C16H22BrNO2. The molecular weight excluding hydrogens is 318 g/mol. The van der Waals surface area contributed by atoms with Gasteiger partial charge in [-0.2, -0.15) is 0 Å². The molecule has 1 N–H and O–H groups in total. The molecule has 1 aliphatic carbocycles. The third kappa shape index (κ3) is 4.82. The summed E-state index contributed by atoms with van der Waals surface area (Å²) in [6.45, 7) is 5.64. The van der Waals surface area contributed by atoms with Crippen LogP contribution in [-0.2, 0) is 11.2 Å². The fourth-order valence-electron chi connectivity index (χ4n) is 2.45. The van der Waals surface area contributed by atoms with Crippen LogP contribution in [0.25, 0.3) is 0 Å². The lowest BCUT2D eigenvalue weighted by molar-refractivity contribution is 0.0452. The van der Waals surface area contributed by atoms with Crippen molar-refractivity contribution in [2.24, 2.45) is 5.92 Å². The molecule has 0 saturated heterocycles. The summed E-state index contributed by atoms with van der Waals surface area (Å²) in [4.78, 5) is 11.6. The summed E-state index contributed by atoms with van der Waals surface area (Å²) in [5, 5.41) is 2.93. The Bertz CT molecular complexity index is 458. The van der Waals surface area contributed by atoms with Crippen molar-refractivity contribution in [1.29, 1.82) is 0 Å². The molecule has 0 spiro atoms. The number of benzene rings is 1. The summed E-state index contributed by atoms with van der Waals surface area (Å²) in [6, 6.07) is 8.72. The number of hydrogen-bond donors (Lipinski definition) is 1. The van der Waals surface area contributed by atoms with Crippen LogP contribution < -0.4 is 5.32 Å². The third-order valence-corrected chi connectivity index (χ3v) is 3.92. The molecule has 0 radical (unpaired) electrons. The van der Waals surface area contributed by atoms with Gasteiger partial charge in [-0.1, -0.05) is 28.1 Å². The number of halogens is 1. The number of carbonyl (C=O) groups is 1. The van der Waals surface area contributed by atoms with E-state index >= 15 is 0 Å². The predicted octanol–water partition coefficient (Wildman–Crippen LogP) is 4.29. The first-order chi connectivity index (χ1) is 9.32. The zero-order valence-electron chi connectivity index (χ0n) is 12.3. The van der Waals surface area contributed by atoms with Crippen molar-refractivity contribution in [3.8, 4) is 0 Å². The molecule has 0 heterocycles. The molecule has 2 rings (SSSR count). The molecule has 0 aliphatic heterocycles. The number of rotatable bonds is 3. The summed E-state index contributed by atoms with van der Waals surface area (Å²) in [7, 11) is 0. The van der Waals surface area contributed by atoms with Crippen molar-refractivity contribution >= 4 is 22.0 Å². The predicted molar refractivity (Wildman–Crippen MR) is 83.7 cm³/mol. The van der Waals surface area contributed by atoms with Crippen LogP contribution in [0.4, 0.5) is 4.79 Å². The number of hydrogen-bond acceptors (Lipinski definition) is 2. The molecule has 3 nitrogen and oxygen atoms in total. The summed E-state index contributed by atoms with van der Waals surface area (Å²) >= 11 is 3.44. The van der Waals surface area contributed by atoms with E-state index in [2.05, 4.69) is 45.5 Å². The third-order valence-electron chi connectivity index (χ3n) is 3.39. The molecule has 0 aromatic heterocycles. The first kappa shape index (κ1) is 15.4. The first-order valence-corrected chi connectivity index (χ1v) is 7.85. The van der Waals surface area contributed by atoms with Crippen LogP contribution in [0.2, 0.25) is 0 Å². The number of ether oxygens (including phenoxy) is 1. The first-order valence-electron chi connectivity index (χ1n) is 7.06. The quantitative estimate of drug-likeness (QED) is 0.891. The Morgan fingerprint density at radius 3 is 2.45 bits per heavy atom. The SMILES string of the molecule is CC(C)(C)OC(=O)NC1CC(Cc2ccc(Br)cc2)C1. The highest BCUT2D eigenvalue weighted by Gasteiger charge is 2.31. The maximum atomic E-state index is 11.6. The van der Waals surface area contributed by atoms with Crippen LogP contribution >= 0.6 is 15.9 Å². The molecule has 110 valence electrons. The molecule has 0 unspecified atom stereocenters. The van der Waals surface area contributed by atoms with Crippen LogP contribution in [0.15, 0.2) is 28.7 Å². The van der Waals surface area contributed by atoms with Crippen molar-refractivity contribution in [1.82, 2.24) is 5.32 Å². The average Bonchev–Trinajstić information content (AvgIpc) is 2.26. The summed E-state index contributed by atoms with van der Waals surface area (Å²) < 4.78 is 6.37. The van der Waals surface area contributed by atoms with Gasteiger partial charge in [0.2, 0.25) is 0 Å². The van der Waals surface area contributed by atoms with Gasteiger partial charge in [-0.3, -0.25) is 0 Å². The molecule has 1 amide bonds. The Morgan fingerprint density at radius 1 is 1.30 bits per heavy atom. The summed E-state index contributed by atoms with van der Waals surface area (Å²) in [6.07, 6.45) is 2.86. The number of nitrogens with one attached hydrogen (secondary N) is 1. The van der Waals surface area contributed by atoms with E-state index < -0.39 is 5.60 Å². The van der Waals surface area contributed by atoms with E-state index in [1.54, 1.807) is 0 Å². The lowest BCUT2D eigenvalue weighted by Crippen LogP contribution is -2.46. The van der Waals surface area contributed by atoms with Gasteiger partial charge >= 0.3 is 6.09 Å². The van der Waals surface area contributed by atoms with Crippen molar-refractivity contribution in [2.45, 2.75) is 51.7 Å². The van der Waals surface area contributed by atoms with Gasteiger partial charge in [-0.05, 0) is 63.6 Å². The monoisotopic (exact) mass is 339 g/mol. The lowest BCUT2D eigenvalue weighted by Gasteiger charge is -2.36. The Hall–Kier alpha value is -1.03. The molecule has 1 aromatic carbocycles. The molecule has 1 aliphatic rings. The maximum Gasteiger partial charge on any atom is 0.407 e. The maximum absolute atomic E-state index is 11.6. The topological polar surface area (TPSA) is 38.3 Å². The second kappa shape index (κ2) is 6.17. The van der Waals surface area contributed by atoms with Crippen LogP contribution in [0.1, 0.15) is 39.2 Å². The van der Waals surface area contributed by atoms with Crippen LogP contribution in [0.5, 0.6) is 0 Å². The largest absolute Gasteiger partial charge is 0.444 e. The second-order valence-electron chi connectivity index (χ2n) is 6.51. The molecule has 0 bridgehead atoms. The van der Waals surface area contributed by atoms with E-state index in [1.165, 1.54) is 5.56 Å². The Labute approximate surface area is 129 Å². The van der Waals surface area contributed by atoms with Gasteiger partial charge in [0.05, 0.1) is 0 Å². The number of amides is 1. The fraction of sp³-hybridized carbons (Fsp3) is 0.562. The molecule has 1 aromatic rings. The summed E-state index contributed by atoms with van der Waals surface area (Å²) in [5.74, 6) is 0.663. The van der Waals surface area contributed by atoms with Crippen LogP contribution in [0, 0.1) is 5.92 Å². The summed E-state index contributed by atoms with van der Waals surface area (Å²) in [5.41, 5.74) is 0.930. The number of carbonyl (C=O) groups excluding carboxylic acids is 1. The van der Waals surface area contributed by atoms with Gasteiger partial charge in [0.15, 0.2) is 0 Å². The van der Waals surface area contributed by atoms with Crippen molar-refractivity contribution in [3.63, 3.8) is 0 Å². The average molecular weight is 340 g/mol. The van der Waals surface area contributed by atoms with Crippen molar-refractivity contribution in [3.05, 3.63) is 34.3 Å². The highest BCUT2D eigenvalue weighted by Crippen LogP contribution is 2.31. The Morgan fingerprint density at radius 2 is 1.90 bits per heavy atom. The molecule has 4 heteroatoms. The minimum Gasteiger partial charge on any atom is -0.444 e. The Kier molecular flexibility index (Phi) is 4.74.